The molecule has 4 atom stereocenters. The number of alkyl halides is 4. The molecule has 2 aliphatic heterocycles. The van der Waals surface area contributed by atoms with Gasteiger partial charge in [-0.3, -0.25) is 4.98 Å². The standard InChI is InChI=1S/C35H47F3INO3Si/c1-21(2)30-28-29(27-24(40-30)18-33(14-8-9-15-33)19-25(27)43-44(6,7)32(3,4)5)34(16-17-41-20-26(34)39)42-31(28)22-10-12-23(13-11-22)35(36,37)38/h10-13,21,25-26,31H,8-9,14-20H2,1-7H3/t25?,26?,31-,34?/m1/s1. The Morgan fingerprint density at radius 3 is 2.25 bits per heavy atom. The molecule has 4 aliphatic rings. The number of rotatable bonds is 4. The lowest BCUT2D eigenvalue weighted by Gasteiger charge is -2.47. The molecule has 1 saturated heterocycles. The lowest BCUT2D eigenvalue weighted by Crippen LogP contribution is -2.47. The second kappa shape index (κ2) is 11.3. The summed E-state index contributed by atoms with van der Waals surface area (Å²) < 4.78 is 61.3. The zero-order valence-electron chi connectivity index (χ0n) is 27.2. The molecule has 4 nitrogen and oxygen atoms in total. The van der Waals surface area contributed by atoms with E-state index in [1.54, 1.807) is 12.1 Å². The van der Waals surface area contributed by atoms with Crippen molar-refractivity contribution in [1.29, 1.82) is 0 Å². The molecule has 3 unspecified atom stereocenters. The van der Waals surface area contributed by atoms with Gasteiger partial charge in [0, 0.05) is 41.1 Å². The molecule has 1 saturated carbocycles. The van der Waals surface area contributed by atoms with Crippen molar-refractivity contribution in [3.8, 4) is 0 Å². The van der Waals surface area contributed by atoms with E-state index in [9.17, 15) is 13.2 Å². The zero-order valence-corrected chi connectivity index (χ0v) is 30.3. The maximum Gasteiger partial charge on any atom is 0.416 e. The topological polar surface area (TPSA) is 40.6 Å². The number of fused-ring (bicyclic) bond motifs is 4. The molecule has 2 aromatic rings. The first kappa shape index (κ1) is 32.9. The quantitative estimate of drug-likeness (QED) is 0.178. The lowest BCUT2D eigenvalue weighted by atomic mass is 9.67. The van der Waals surface area contributed by atoms with Gasteiger partial charge < -0.3 is 13.9 Å². The van der Waals surface area contributed by atoms with E-state index < -0.39 is 31.8 Å². The summed E-state index contributed by atoms with van der Waals surface area (Å²) in [4.78, 5) is 5.52. The van der Waals surface area contributed by atoms with Crippen molar-refractivity contribution in [2.45, 2.75) is 132 Å². The third-order valence-corrected chi connectivity index (χ3v) is 17.1. The van der Waals surface area contributed by atoms with Gasteiger partial charge in [0.15, 0.2) is 8.32 Å². The van der Waals surface area contributed by atoms with Crippen molar-refractivity contribution in [3.05, 3.63) is 63.5 Å². The van der Waals surface area contributed by atoms with Gasteiger partial charge in [0.2, 0.25) is 0 Å². The predicted molar refractivity (Wildman–Crippen MR) is 178 cm³/mol. The average Bonchev–Trinajstić information content (AvgIpc) is 3.51. The minimum atomic E-state index is -4.39. The predicted octanol–water partition coefficient (Wildman–Crippen LogP) is 10.3. The number of ether oxygens (including phenoxy) is 2. The summed E-state index contributed by atoms with van der Waals surface area (Å²) in [5.41, 5.74) is 5.30. The van der Waals surface area contributed by atoms with Crippen LogP contribution in [-0.4, -0.2) is 30.4 Å². The third-order valence-electron chi connectivity index (χ3n) is 11.3. The number of benzene rings is 1. The van der Waals surface area contributed by atoms with Crippen LogP contribution < -0.4 is 0 Å². The smallest absolute Gasteiger partial charge is 0.410 e. The first-order valence-electron chi connectivity index (χ1n) is 16.3. The Labute approximate surface area is 275 Å². The molecule has 2 spiro atoms. The van der Waals surface area contributed by atoms with Crippen LogP contribution >= 0.6 is 22.6 Å². The fraction of sp³-hybridized carbons (Fsp3) is 0.686. The summed E-state index contributed by atoms with van der Waals surface area (Å²) in [6, 6.07) is 5.56. The lowest BCUT2D eigenvalue weighted by molar-refractivity contribution is -0.137. The van der Waals surface area contributed by atoms with E-state index in [4.69, 9.17) is 18.9 Å². The zero-order chi connectivity index (χ0) is 31.9. The Morgan fingerprint density at radius 2 is 1.68 bits per heavy atom. The maximum absolute atomic E-state index is 13.6. The molecule has 0 amide bonds. The molecule has 9 heteroatoms. The van der Waals surface area contributed by atoms with E-state index in [0.717, 1.165) is 35.4 Å². The number of halogens is 4. The van der Waals surface area contributed by atoms with Gasteiger partial charge in [0.05, 0.1) is 22.2 Å². The summed E-state index contributed by atoms with van der Waals surface area (Å²) in [5.74, 6) is 0.124. The number of hydrogen-bond donors (Lipinski definition) is 0. The first-order valence-corrected chi connectivity index (χ1v) is 20.5. The second-order valence-electron chi connectivity index (χ2n) is 15.6. The van der Waals surface area contributed by atoms with Crippen molar-refractivity contribution >= 4 is 30.9 Å². The van der Waals surface area contributed by atoms with Crippen LogP contribution in [0.4, 0.5) is 13.2 Å². The summed E-state index contributed by atoms with van der Waals surface area (Å²) in [7, 11) is -2.18. The highest BCUT2D eigenvalue weighted by atomic mass is 127. The van der Waals surface area contributed by atoms with E-state index in [0.29, 0.717) is 19.6 Å². The highest BCUT2D eigenvalue weighted by Gasteiger charge is 2.57. The van der Waals surface area contributed by atoms with Gasteiger partial charge >= 0.3 is 6.18 Å². The SMILES string of the molecule is CC(C)c1nc2c(c3c1[C@@H](c1ccc(C(F)(F)F)cc1)OC31CCOCC1I)C(O[Si](C)(C)C(C)(C)C)CC1(CCCC1)C2. The van der Waals surface area contributed by atoms with E-state index in [2.05, 4.69) is 70.3 Å². The van der Waals surface area contributed by atoms with Gasteiger partial charge in [-0.15, -0.1) is 0 Å². The van der Waals surface area contributed by atoms with Crippen LogP contribution in [0, 0.1) is 5.41 Å². The fourth-order valence-corrected chi connectivity index (χ4v) is 10.2. The minimum absolute atomic E-state index is 0.0365. The molecule has 1 aromatic carbocycles. The normalized spacial score (nSPS) is 28.6. The Bertz CT molecular complexity index is 1400. The number of hydrogen-bond acceptors (Lipinski definition) is 4. The minimum Gasteiger partial charge on any atom is -0.410 e. The Kier molecular flexibility index (Phi) is 8.46. The Balaban J connectivity index is 1.61. The Morgan fingerprint density at radius 1 is 1.02 bits per heavy atom. The first-order chi connectivity index (χ1) is 20.5. The van der Waals surface area contributed by atoms with Crippen molar-refractivity contribution in [1.82, 2.24) is 4.98 Å². The van der Waals surface area contributed by atoms with Gasteiger partial charge in [-0.05, 0) is 72.8 Å². The van der Waals surface area contributed by atoms with Crippen molar-refractivity contribution in [2.24, 2.45) is 5.41 Å². The van der Waals surface area contributed by atoms with E-state index >= 15 is 0 Å². The van der Waals surface area contributed by atoms with Crippen molar-refractivity contribution < 1.29 is 27.1 Å². The molecule has 242 valence electrons. The molecular weight excluding hydrogens is 694 g/mol. The van der Waals surface area contributed by atoms with Crippen LogP contribution in [0.15, 0.2) is 24.3 Å². The van der Waals surface area contributed by atoms with Crippen molar-refractivity contribution in [2.75, 3.05) is 13.2 Å². The van der Waals surface area contributed by atoms with Gasteiger partial charge in [0.1, 0.15) is 11.7 Å². The molecule has 2 aliphatic carbocycles. The van der Waals surface area contributed by atoms with Crippen LogP contribution in [0.5, 0.6) is 0 Å². The molecule has 1 aromatic heterocycles. The summed E-state index contributed by atoms with van der Waals surface area (Å²) >= 11 is 2.49. The van der Waals surface area contributed by atoms with Gasteiger partial charge in [-0.25, -0.2) is 0 Å². The van der Waals surface area contributed by atoms with Gasteiger partial charge in [-0.1, -0.05) is 82.2 Å². The molecule has 6 rings (SSSR count). The molecule has 0 radical (unpaired) electrons. The number of aromatic nitrogens is 1. The average molecular weight is 742 g/mol. The summed E-state index contributed by atoms with van der Waals surface area (Å²) in [6.45, 7) is 17.0. The van der Waals surface area contributed by atoms with E-state index in [1.165, 1.54) is 48.9 Å². The van der Waals surface area contributed by atoms with E-state index in [1.807, 2.05) is 0 Å². The molecule has 0 bridgehead atoms. The van der Waals surface area contributed by atoms with Crippen LogP contribution in [-0.2, 0) is 32.1 Å². The van der Waals surface area contributed by atoms with Gasteiger partial charge in [0.25, 0.3) is 0 Å². The van der Waals surface area contributed by atoms with Crippen LogP contribution in [0.3, 0.4) is 0 Å². The number of nitrogens with zero attached hydrogens (tertiary/aromatic N) is 1. The van der Waals surface area contributed by atoms with Gasteiger partial charge in [-0.2, -0.15) is 13.2 Å². The second-order valence-corrected chi connectivity index (χ2v) is 21.8. The van der Waals surface area contributed by atoms with Crippen LogP contribution in [0.1, 0.15) is 130 Å². The largest absolute Gasteiger partial charge is 0.416 e. The van der Waals surface area contributed by atoms with Crippen LogP contribution in [0.2, 0.25) is 18.1 Å². The third kappa shape index (κ3) is 5.52. The maximum atomic E-state index is 13.6. The highest BCUT2D eigenvalue weighted by Crippen LogP contribution is 2.61. The summed E-state index contributed by atoms with van der Waals surface area (Å²) in [5, 5.41) is 0.0450. The molecule has 0 N–H and O–H groups in total. The fourth-order valence-electron chi connectivity index (χ4n) is 7.91. The van der Waals surface area contributed by atoms with Crippen LogP contribution in [0.25, 0.3) is 0 Å². The highest BCUT2D eigenvalue weighted by molar-refractivity contribution is 14.1. The Hall–Kier alpha value is -1.01. The number of pyridine rings is 1. The summed E-state index contributed by atoms with van der Waals surface area (Å²) in [6.07, 6.45) is 2.57. The monoisotopic (exact) mass is 741 g/mol. The van der Waals surface area contributed by atoms with E-state index in [-0.39, 0.29) is 26.4 Å². The molecular formula is C35H47F3INO3Si. The molecule has 2 fully saturated rings. The molecule has 3 heterocycles. The molecule has 44 heavy (non-hydrogen) atoms. The van der Waals surface area contributed by atoms with Crippen molar-refractivity contribution in [3.63, 3.8) is 0 Å².